The SMILES string of the molecule is COc1ccc(Cl)cc1NC(=O)c1oc2ccccc2c1CSC1CCCCC1. The van der Waals surface area contributed by atoms with E-state index in [1.54, 1.807) is 25.3 Å². The minimum atomic E-state index is -0.291. The average Bonchev–Trinajstić information content (AvgIpc) is 3.12. The Bertz CT molecular complexity index is 1010. The molecule has 1 heterocycles. The van der Waals surface area contributed by atoms with Crippen molar-refractivity contribution in [3.05, 3.63) is 58.8 Å². The molecule has 0 saturated heterocycles. The van der Waals surface area contributed by atoms with Gasteiger partial charge in [-0.3, -0.25) is 4.79 Å². The van der Waals surface area contributed by atoms with Gasteiger partial charge >= 0.3 is 0 Å². The number of methoxy groups -OCH3 is 1. The Morgan fingerprint density at radius 3 is 2.79 bits per heavy atom. The van der Waals surface area contributed by atoms with Crippen LogP contribution in [0.5, 0.6) is 5.75 Å². The molecular weight excluding hydrogens is 406 g/mol. The molecular formula is C23H24ClNO3S. The second kappa shape index (κ2) is 9.14. The third-order valence-electron chi connectivity index (χ3n) is 5.33. The van der Waals surface area contributed by atoms with E-state index in [1.807, 2.05) is 36.0 Å². The molecule has 1 fully saturated rings. The number of hydrogen-bond donors (Lipinski definition) is 1. The minimum absolute atomic E-state index is 0.291. The van der Waals surface area contributed by atoms with Crippen molar-refractivity contribution in [1.82, 2.24) is 0 Å². The zero-order valence-corrected chi connectivity index (χ0v) is 17.9. The van der Waals surface area contributed by atoms with Gasteiger partial charge in [0, 0.05) is 27.0 Å². The van der Waals surface area contributed by atoms with Gasteiger partial charge in [-0.25, -0.2) is 0 Å². The number of carbonyl (C=O) groups excluding carboxylic acids is 1. The molecule has 1 saturated carbocycles. The largest absolute Gasteiger partial charge is 0.495 e. The normalized spacial score (nSPS) is 14.8. The Morgan fingerprint density at radius 1 is 1.21 bits per heavy atom. The van der Waals surface area contributed by atoms with E-state index in [9.17, 15) is 4.79 Å². The van der Waals surface area contributed by atoms with Gasteiger partial charge in [-0.05, 0) is 37.1 Å². The van der Waals surface area contributed by atoms with E-state index in [2.05, 4.69) is 5.32 Å². The number of para-hydroxylation sites is 1. The van der Waals surface area contributed by atoms with Crippen LogP contribution >= 0.6 is 23.4 Å². The van der Waals surface area contributed by atoms with Crippen molar-refractivity contribution in [3.8, 4) is 5.75 Å². The van der Waals surface area contributed by atoms with Gasteiger partial charge in [0.15, 0.2) is 5.76 Å². The summed E-state index contributed by atoms with van der Waals surface area (Å²) in [6, 6.07) is 13.0. The minimum Gasteiger partial charge on any atom is -0.495 e. The van der Waals surface area contributed by atoms with Crippen LogP contribution in [-0.4, -0.2) is 18.3 Å². The lowest BCUT2D eigenvalue weighted by Gasteiger charge is -2.20. The number of nitrogens with one attached hydrogen (secondary N) is 1. The summed E-state index contributed by atoms with van der Waals surface area (Å²) >= 11 is 8.03. The number of furan rings is 1. The maximum atomic E-state index is 13.1. The van der Waals surface area contributed by atoms with E-state index < -0.39 is 0 Å². The van der Waals surface area contributed by atoms with Crippen molar-refractivity contribution in [2.75, 3.05) is 12.4 Å². The van der Waals surface area contributed by atoms with E-state index in [1.165, 1.54) is 32.1 Å². The maximum Gasteiger partial charge on any atom is 0.291 e. The standard InChI is InChI=1S/C23H24ClNO3S/c1-27-21-12-11-15(24)13-19(21)25-23(26)22-18(14-29-16-7-3-2-4-8-16)17-9-5-6-10-20(17)28-22/h5-6,9-13,16H,2-4,7-8,14H2,1H3,(H,25,26). The monoisotopic (exact) mass is 429 g/mol. The fourth-order valence-corrected chi connectivity index (χ4v) is 5.34. The zero-order valence-electron chi connectivity index (χ0n) is 16.4. The van der Waals surface area contributed by atoms with Crippen LogP contribution in [0.15, 0.2) is 46.9 Å². The van der Waals surface area contributed by atoms with E-state index in [-0.39, 0.29) is 5.91 Å². The summed E-state index contributed by atoms with van der Waals surface area (Å²) in [5.41, 5.74) is 2.21. The van der Waals surface area contributed by atoms with Crippen LogP contribution in [0.2, 0.25) is 5.02 Å². The molecule has 1 amide bonds. The number of amides is 1. The fourth-order valence-electron chi connectivity index (χ4n) is 3.82. The predicted molar refractivity (Wildman–Crippen MR) is 120 cm³/mol. The van der Waals surface area contributed by atoms with Gasteiger partial charge in [0.25, 0.3) is 5.91 Å². The van der Waals surface area contributed by atoms with E-state index in [0.717, 1.165) is 22.3 Å². The summed E-state index contributed by atoms with van der Waals surface area (Å²) in [5.74, 6) is 1.38. The maximum absolute atomic E-state index is 13.1. The molecule has 0 bridgehead atoms. The second-order valence-electron chi connectivity index (χ2n) is 7.28. The van der Waals surface area contributed by atoms with E-state index >= 15 is 0 Å². The number of benzene rings is 2. The van der Waals surface area contributed by atoms with Gasteiger partial charge < -0.3 is 14.5 Å². The molecule has 0 aliphatic heterocycles. The molecule has 2 aromatic carbocycles. The van der Waals surface area contributed by atoms with Crippen LogP contribution in [-0.2, 0) is 5.75 Å². The Balaban J connectivity index is 1.62. The van der Waals surface area contributed by atoms with Gasteiger partial charge in [-0.1, -0.05) is 49.1 Å². The number of fused-ring (bicyclic) bond motifs is 1. The fraction of sp³-hybridized carbons (Fsp3) is 0.348. The van der Waals surface area contributed by atoms with Crippen molar-refractivity contribution in [1.29, 1.82) is 0 Å². The van der Waals surface area contributed by atoms with Crippen LogP contribution < -0.4 is 10.1 Å². The molecule has 152 valence electrons. The smallest absolute Gasteiger partial charge is 0.291 e. The van der Waals surface area contributed by atoms with Crippen LogP contribution in [0.1, 0.15) is 48.2 Å². The van der Waals surface area contributed by atoms with Crippen molar-refractivity contribution in [2.24, 2.45) is 0 Å². The summed E-state index contributed by atoms with van der Waals surface area (Å²) in [7, 11) is 1.56. The van der Waals surface area contributed by atoms with Crippen LogP contribution in [0.4, 0.5) is 5.69 Å². The molecule has 1 aliphatic carbocycles. The number of rotatable bonds is 6. The summed E-state index contributed by atoms with van der Waals surface area (Å²) < 4.78 is 11.3. The first-order chi connectivity index (χ1) is 14.2. The van der Waals surface area contributed by atoms with Gasteiger partial charge in [-0.2, -0.15) is 11.8 Å². The summed E-state index contributed by atoms with van der Waals surface area (Å²) in [6.45, 7) is 0. The number of hydrogen-bond acceptors (Lipinski definition) is 4. The number of halogens is 1. The van der Waals surface area contributed by atoms with Gasteiger partial charge in [0.05, 0.1) is 12.8 Å². The molecule has 0 spiro atoms. The summed E-state index contributed by atoms with van der Waals surface area (Å²) in [6.07, 6.45) is 6.43. The van der Waals surface area contributed by atoms with Gasteiger partial charge in [-0.15, -0.1) is 0 Å². The van der Waals surface area contributed by atoms with E-state index in [4.69, 9.17) is 20.8 Å². The van der Waals surface area contributed by atoms with Crippen LogP contribution in [0.25, 0.3) is 11.0 Å². The van der Waals surface area contributed by atoms with Crippen molar-refractivity contribution in [3.63, 3.8) is 0 Å². The number of carbonyl (C=O) groups is 1. The molecule has 4 nitrogen and oxygen atoms in total. The third-order valence-corrected chi connectivity index (χ3v) is 6.96. The highest BCUT2D eigenvalue weighted by molar-refractivity contribution is 7.99. The second-order valence-corrected chi connectivity index (χ2v) is 9.00. The van der Waals surface area contributed by atoms with Crippen molar-refractivity contribution >= 4 is 45.9 Å². The quantitative estimate of drug-likeness (QED) is 0.462. The third kappa shape index (κ3) is 4.57. The molecule has 1 N–H and O–H groups in total. The summed E-state index contributed by atoms with van der Waals surface area (Å²) in [4.78, 5) is 13.1. The molecule has 0 unspecified atom stereocenters. The molecule has 0 radical (unpaired) electrons. The first kappa shape index (κ1) is 20.2. The van der Waals surface area contributed by atoms with Crippen LogP contribution in [0.3, 0.4) is 0 Å². The number of ether oxygens (including phenoxy) is 1. The molecule has 6 heteroatoms. The highest BCUT2D eigenvalue weighted by atomic mass is 35.5. The Labute approximate surface area is 179 Å². The summed E-state index contributed by atoms with van der Waals surface area (Å²) in [5, 5.41) is 5.09. The van der Waals surface area contributed by atoms with Gasteiger partial charge in [0.2, 0.25) is 0 Å². The predicted octanol–water partition coefficient (Wildman–Crippen LogP) is 6.91. The molecule has 29 heavy (non-hydrogen) atoms. The lowest BCUT2D eigenvalue weighted by molar-refractivity contribution is 0.0997. The molecule has 1 aromatic heterocycles. The number of thioether (sulfide) groups is 1. The lowest BCUT2D eigenvalue weighted by Crippen LogP contribution is -2.14. The Hall–Kier alpha value is -2.11. The van der Waals surface area contributed by atoms with E-state index in [0.29, 0.717) is 27.5 Å². The highest BCUT2D eigenvalue weighted by Gasteiger charge is 2.23. The first-order valence-electron chi connectivity index (χ1n) is 9.92. The lowest BCUT2D eigenvalue weighted by atomic mass is 10.0. The Morgan fingerprint density at radius 2 is 2.00 bits per heavy atom. The average molecular weight is 430 g/mol. The van der Waals surface area contributed by atoms with Gasteiger partial charge in [0.1, 0.15) is 11.3 Å². The zero-order chi connectivity index (χ0) is 20.2. The first-order valence-corrected chi connectivity index (χ1v) is 11.4. The topological polar surface area (TPSA) is 51.5 Å². The molecule has 3 aromatic rings. The highest BCUT2D eigenvalue weighted by Crippen LogP contribution is 2.36. The van der Waals surface area contributed by atoms with Crippen molar-refractivity contribution < 1.29 is 13.9 Å². The van der Waals surface area contributed by atoms with Crippen LogP contribution in [0, 0.1) is 0 Å². The van der Waals surface area contributed by atoms with Crippen molar-refractivity contribution in [2.45, 2.75) is 43.1 Å². The Kier molecular flexibility index (Phi) is 6.36. The molecule has 4 rings (SSSR count). The number of anilines is 1. The molecule has 0 atom stereocenters. The molecule has 1 aliphatic rings.